The summed E-state index contributed by atoms with van der Waals surface area (Å²) < 4.78 is 26.8. The van der Waals surface area contributed by atoms with Crippen LogP contribution in [-0.4, -0.2) is 25.4 Å². The predicted molar refractivity (Wildman–Crippen MR) is 96.4 cm³/mol. The molecule has 1 aliphatic carbocycles. The summed E-state index contributed by atoms with van der Waals surface area (Å²) in [6, 6.07) is 10.1. The number of hydrogen-bond acceptors (Lipinski definition) is 4. The fourth-order valence-electron chi connectivity index (χ4n) is 2.13. The van der Waals surface area contributed by atoms with Crippen LogP contribution in [0.5, 0.6) is 0 Å². The van der Waals surface area contributed by atoms with Crippen LogP contribution in [-0.2, 0) is 14.8 Å². The van der Waals surface area contributed by atoms with Gasteiger partial charge >= 0.3 is 0 Å². The Hall–Kier alpha value is -2.51. The minimum atomic E-state index is -3.45. The highest BCUT2D eigenvalue weighted by Gasteiger charge is 2.27. The number of aryl methyl sites for hydroxylation is 1. The molecule has 0 saturated heterocycles. The number of anilines is 1. The molecule has 3 rings (SSSR count). The van der Waals surface area contributed by atoms with E-state index in [1.807, 2.05) is 13.0 Å². The van der Waals surface area contributed by atoms with Crippen molar-refractivity contribution in [2.75, 3.05) is 5.32 Å². The molecule has 0 spiro atoms. The van der Waals surface area contributed by atoms with Crippen LogP contribution in [0.3, 0.4) is 0 Å². The number of carbonyl (C=O) groups excluding carboxylic acids is 1. The Morgan fingerprint density at radius 1 is 1.16 bits per heavy atom. The second-order valence-electron chi connectivity index (χ2n) is 6.01. The van der Waals surface area contributed by atoms with E-state index in [1.165, 1.54) is 18.2 Å². The predicted octanol–water partition coefficient (Wildman–Crippen LogP) is 2.48. The molecular weight excluding hydrogens is 338 g/mol. The molecule has 1 aromatic carbocycles. The van der Waals surface area contributed by atoms with Crippen molar-refractivity contribution in [3.05, 3.63) is 59.8 Å². The lowest BCUT2D eigenvalue weighted by molar-refractivity contribution is -0.111. The van der Waals surface area contributed by atoms with Gasteiger partial charge in [0.05, 0.1) is 4.90 Å². The van der Waals surface area contributed by atoms with Gasteiger partial charge in [0.15, 0.2) is 0 Å². The van der Waals surface area contributed by atoms with Crippen molar-refractivity contribution in [1.82, 2.24) is 9.71 Å². The van der Waals surface area contributed by atoms with E-state index < -0.39 is 10.0 Å². The lowest BCUT2D eigenvalue weighted by Gasteiger charge is -2.05. The summed E-state index contributed by atoms with van der Waals surface area (Å²) in [6.07, 6.45) is 6.46. The molecule has 6 nitrogen and oxygen atoms in total. The van der Waals surface area contributed by atoms with Crippen LogP contribution in [0.15, 0.2) is 53.6 Å². The first-order chi connectivity index (χ1) is 11.9. The Morgan fingerprint density at radius 3 is 2.48 bits per heavy atom. The average molecular weight is 357 g/mol. The Bertz CT molecular complexity index is 884. The maximum atomic E-state index is 12.1. The van der Waals surface area contributed by atoms with Crippen molar-refractivity contribution in [2.45, 2.75) is 30.7 Å². The summed E-state index contributed by atoms with van der Waals surface area (Å²) in [5, 5.41) is 2.66. The molecule has 1 heterocycles. The molecule has 1 aromatic heterocycles. The van der Waals surface area contributed by atoms with E-state index in [0.717, 1.165) is 24.0 Å². The first kappa shape index (κ1) is 17.3. The molecule has 1 aliphatic rings. The van der Waals surface area contributed by atoms with E-state index in [9.17, 15) is 13.2 Å². The van der Waals surface area contributed by atoms with Crippen molar-refractivity contribution < 1.29 is 13.2 Å². The number of sulfonamides is 1. The Labute approximate surface area is 147 Å². The summed E-state index contributed by atoms with van der Waals surface area (Å²) in [6.45, 7) is 1.92. The van der Waals surface area contributed by atoms with Crippen molar-refractivity contribution in [2.24, 2.45) is 0 Å². The lowest BCUT2D eigenvalue weighted by atomic mass is 10.2. The number of nitrogens with zero attached hydrogens (tertiary/aromatic N) is 1. The third-order valence-corrected chi connectivity index (χ3v) is 5.22. The lowest BCUT2D eigenvalue weighted by Crippen LogP contribution is -2.25. The fourth-order valence-corrected chi connectivity index (χ4v) is 3.43. The number of nitrogens with one attached hydrogen (secondary N) is 2. The van der Waals surface area contributed by atoms with Gasteiger partial charge in [-0.2, -0.15) is 0 Å². The van der Waals surface area contributed by atoms with Gasteiger partial charge in [0.2, 0.25) is 15.9 Å². The number of pyridine rings is 1. The highest BCUT2D eigenvalue weighted by Crippen LogP contribution is 2.22. The highest BCUT2D eigenvalue weighted by molar-refractivity contribution is 7.89. The summed E-state index contributed by atoms with van der Waals surface area (Å²) in [5.74, 6) is 0.177. The minimum absolute atomic E-state index is 0.0728. The van der Waals surface area contributed by atoms with Crippen LogP contribution in [0.2, 0.25) is 0 Å². The topological polar surface area (TPSA) is 88.2 Å². The Balaban J connectivity index is 1.61. The van der Waals surface area contributed by atoms with E-state index >= 15 is 0 Å². The molecular formula is C18H19N3O3S. The van der Waals surface area contributed by atoms with Crippen LogP contribution in [0.4, 0.5) is 5.82 Å². The second kappa shape index (κ2) is 7.16. The molecule has 0 radical (unpaired) electrons. The van der Waals surface area contributed by atoms with Gasteiger partial charge in [-0.3, -0.25) is 4.79 Å². The zero-order chi connectivity index (χ0) is 17.9. The molecule has 0 bridgehead atoms. The molecule has 0 aliphatic heterocycles. The van der Waals surface area contributed by atoms with Crippen LogP contribution in [0.25, 0.3) is 6.08 Å². The number of hydrogen-bond donors (Lipinski definition) is 2. The molecule has 7 heteroatoms. The van der Waals surface area contributed by atoms with Crippen LogP contribution in [0.1, 0.15) is 24.0 Å². The summed E-state index contributed by atoms with van der Waals surface area (Å²) in [5.41, 5.74) is 1.75. The maximum absolute atomic E-state index is 12.1. The van der Waals surface area contributed by atoms with E-state index in [2.05, 4.69) is 15.0 Å². The van der Waals surface area contributed by atoms with Gasteiger partial charge in [-0.15, -0.1) is 0 Å². The molecule has 0 atom stereocenters. The van der Waals surface area contributed by atoms with Crippen LogP contribution in [0, 0.1) is 6.92 Å². The van der Waals surface area contributed by atoms with Gasteiger partial charge in [0.1, 0.15) is 5.82 Å². The van der Waals surface area contributed by atoms with Gasteiger partial charge < -0.3 is 5.32 Å². The largest absolute Gasteiger partial charge is 0.307 e. The summed E-state index contributed by atoms with van der Waals surface area (Å²) in [7, 11) is -3.45. The van der Waals surface area contributed by atoms with Crippen molar-refractivity contribution in [3.63, 3.8) is 0 Å². The minimum Gasteiger partial charge on any atom is -0.307 e. The number of carbonyl (C=O) groups is 1. The fraction of sp³-hybridized carbons (Fsp3) is 0.222. The van der Waals surface area contributed by atoms with E-state index in [0.29, 0.717) is 5.82 Å². The van der Waals surface area contributed by atoms with Gasteiger partial charge in [0, 0.05) is 18.3 Å². The zero-order valence-corrected chi connectivity index (χ0v) is 14.6. The molecule has 0 unspecified atom stereocenters. The van der Waals surface area contributed by atoms with E-state index in [1.54, 1.807) is 30.5 Å². The highest BCUT2D eigenvalue weighted by atomic mass is 32.2. The molecule has 1 saturated carbocycles. The van der Waals surface area contributed by atoms with E-state index in [4.69, 9.17) is 0 Å². The number of aromatic nitrogens is 1. The summed E-state index contributed by atoms with van der Waals surface area (Å²) in [4.78, 5) is 16.2. The van der Waals surface area contributed by atoms with Crippen LogP contribution >= 0.6 is 0 Å². The molecule has 1 fully saturated rings. The SMILES string of the molecule is Cc1ccc(NC(=O)C=Cc2ccc(S(=O)(=O)NC3CC3)cc2)nc1. The molecule has 2 N–H and O–H groups in total. The van der Waals surface area contributed by atoms with Gasteiger partial charge in [-0.05, 0) is 55.2 Å². The number of amides is 1. The second-order valence-corrected chi connectivity index (χ2v) is 7.72. The maximum Gasteiger partial charge on any atom is 0.249 e. The van der Waals surface area contributed by atoms with Crippen LogP contribution < -0.4 is 10.0 Å². The number of benzene rings is 1. The normalized spacial score (nSPS) is 14.6. The third-order valence-electron chi connectivity index (χ3n) is 3.68. The van der Waals surface area contributed by atoms with Gasteiger partial charge in [0.25, 0.3) is 0 Å². The molecule has 1 amide bonds. The van der Waals surface area contributed by atoms with Crippen molar-refractivity contribution >= 4 is 27.8 Å². The molecule has 130 valence electrons. The van der Waals surface area contributed by atoms with Gasteiger partial charge in [-0.1, -0.05) is 18.2 Å². The van der Waals surface area contributed by atoms with Crippen molar-refractivity contribution in [3.8, 4) is 0 Å². The summed E-state index contributed by atoms with van der Waals surface area (Å²) >= 11 is 0. The quantitative estimate of drug-likeness (QED) is 0.778. The first-order valence-electron chi connectivity index (χ1n) is 7.96. The smallest absolute Gasteiger partial charge is 0.249 e. The van der Waals surface area contributed by atoms with Crippen molar-refractivity contribution in [1.29, 1.82) is 0 Å². The first-order valence-corrected chi connectivity index (χ1v) is 9.45. The monoisotopic (exact) mass is 357 g/mol. The number of rotatable bonds is 6. The zero-order valence-electron chi connectivity index (χ0n) is 13.8. The molecule has 25 heavy (non-hydrogen) atoms. The van der Waals surface area contributed by atoms with E-state index in [-0.39, 0.29) is 16.8 Å². The Kier molecular flexibility index (Phi) is 4.96. The third kappa shape index (κ3) is 4.98. The Morgan fingerprint density at radius 2 is 1.88 bits per heavy atom. The van der Waals surface area contributed by atoms with Gasteiger partial charge in [-0.25, -0.2) is 18.1 Å². The molecule has 2 aromatic rings. The standard InChI is InChI=1S/C18H19N3O3S/c1-13-2-10-17(19-12-13)20-18(22)11-5-14-3-8-16(9-4-14)25(23,24)21-15-6-7-15/h2-5,8-12,15,21H,6-7H2,1H3,(H,19,20,22). The average Bonchev–Trinajstić information content (AvgIpc) is 3.39.